The molecular weight excluding hydrogens is 212 g/mol. The SMILES string of the molecule is CC1(C)CC(=O)c2cnn(C3CCCC3)c2C1. The summed E-state index contributed by atoms with van der Waals surface area (Å²) in [5.74, 6) is 0.278. The molecule has 0 aliphatic heterocycles. The van der Waals surface area contributed by atoms with Crippen LogP contribution in [-0.2, 0) is 6.42 Å². The van der Waals surface area contributed by atoms with Crippen LogP contribution >= 0.6 is 0 Å². The summed E-state index contributed by atoms with van der Waals surface area (Å²) in [4.78, 5) is 12.1. The quantitative estimate of drug-likeness (QED) is 0.745. The Hall–Kier alpha value is -1.12. The van der Waals surface area contributed by atoms with E-state index < -0.39 is 0 Å². The molecule has 0 N–H and O–H groups in total. The molecule has 0 radical (unpaired) electrons. The highest BCUT2D eigenvalue weighted by molar-refractivity contribution is 5.98. The van der Waals surface area contributed by atoms with Gasteiger partial charge in [-0.3, -0.25) is 9.48 Å². The zero-order valence-electron chi connectivity index (χ0n) is 10.7. The van der Waals surface area contributed by atoms with E-state index in [0.29, 0.717) is 12.5 Å². The van der Waals surface area contributed by atoms with E-state index in [1.54, 1.807) is 6.20 Å². The van der Waals surface area contributed by atoms with Crippen LogP contribution in [0, 0.1) is 5.41 Å². The Labute approximate surface area is 102 Å². The summed E-state index contributed by atoms with van der Waals surface area (Å²) in [6, 6.07) is 0.542. The first-order valence-electron chi connectivity index (χ1n) is 6.66. The van der Waals surface area contributed by atoms with Gasteiger partial charge in [-0.05, 0) is 24.7 Å². The van der Waals surface area contributed by atoms with Crippen molar-refractivity contribution in [2.45, 2.75) is 58.4 Å². The fourth-order valence-electron chi connectivity index (χ4n) is 3.31. The van der Waals surface area contributed by atoms with Crippen LogP contribution in [0.5, 0.6) is 0 Å². The van der Waals surface area contributed by atoms with Gasteiger partial charge in [0.05, 0.1) is 23.5 Å². The van der Waals surface area contributed by atoms with Crippen molar-refractivity contribution in [3.05, 3.63) is 17.5 Å². The predicted molar refractivity (Wildman–Crippen MR) is 66.2 cm³/mol. The lowest BCUT2D eigenvalue weighted by atomic mass is 9.76. The van der Waals surface area contributed by atoms with Gasteiger partial charge in [0.25, 0.3) is 0 Å². The number of ketones is 1. The number of nitrogens with zero attached hydrogens (tertiary/aromatic N) is 2. The Morgan fingerprint density at radius 3 is 2.71 bits per heavy atom. The highest BCUT2D eigenvalue weighted by Gasteiger charge is 2.35. The van der Waals surface area contributed by atoms with Crippen LogP contribution in [0.4, 0.5) is 0 Å². The average molecular weight is 232 g/mol. The van der Waals surface area contributed by atoms with Gasteiger partial charge < -0.3 is 0 Å². The zero-order chi connectivity index (χ0) is 12.0. The van der Waals surface area contributed by atoms with E-state index in [0.717, 1.165) is 12.0 Å². The van der Waals surface area contributed by atoms with E-state index in [4.69, 9.17) is 0 Å². The number of aromatic nitrogens is 2. The molecule has 2 aliphatic carbocycles. The van der Waals surface area contributed by atoms with Crippen LogP contribution < -0.4 is 0 Å². The van der Waals surface area contributed by atoms with Crippen LogP contribution in [0.25, 0.3) is 0 Å². The number of Topliss-reactive ketones (excluding diaryl/α,β-unsaturated/α-hetero) is 1. The molecule has 0 spiro atoms. The number of carbonyl (C=O) groups is 1. The molecule has 1 heterocycles. The lowest BCUT2D eigenvalue weighted by Gasteiger charge is -2.30. The second-order valence-electron chi connectivity index (χ2n) is 6.33. The Morgan fingerprint density at radius 2 is 2.00 bits per heavy atom. The molecule has 0 atom stereocenters. The molecule has 0 aromatic carbocycles. The van der Waals surface area contributed by atoms with Gasteiger partial charge in [0.2, 0.25) is 0 Å². The number of rotatable bonds is 1. The maximum atomic E-state index is 12.1. The molecule has 1 saturated carbocycles. The lowest BCUT2D eigenvalue weighted by Crippen LogP contribution is -2.28. The van der Waals surface area contributed by atoms with Crippen LogP contribution in [0.3, 0.4) is 0 Å². The van der Waals surface area contributed by atoms with E-state index in [-0.39, 0.29) is 11.2 Å². The third-order valence-electron chi connectivity index (χ3n) is 4.15. The topological polar surface area (TPSA) is 34.9 Å². The van der Waals surface area contributed by atoms with E-state index in [1.165, 1.54) is 31.4 Å². The Morgan fingerprint density at radius 1 is 1.29 bits per heavy atom. The first-order valence-corrected chi connectivity index (χ1v) is 6.66. The van der Waals surface area contributed by atoms with Crippen molar-refractivity contribution >= 4 is 5.78 Å². The van der Waals surface area contributed by atoms with Crippen molar-refractivity contribution in [3.63, 3.8) is 0 Å². The second-order valence-corrected chi connectivity index (χ2v) is 6.33. The normalized spacial score (nSPS) is 24.0. The number of carbonyl (C=O) groups excluding carboxylic acids is 1. The summed E-state index contributed by atoms with van der Waals surface area (Å²) in [5.41, 5.74) is 2.18. The summed E-state index contributed by atoms with van der Waals surface area (Å²) >= 11 is 0. The maximum absolute atomic E-state index is 12.1. The average Bonchev–Trinajstić information content (AvgIpc) is 2.82. The van der Waals surface area contributed by atoms with Crippen molar-refractivity contribution in [2.24, 2.45) is 5.41 Å². The molecule has 3 heteroatoms. The highest BCUT2D eigenvalue weighted by atomic mass is 16.1. The largest absolute Gasteiger partial charge is 0.294 e. The number of hydrogen-bond donors (Lipinski definition) is 0. The summed E-state index contributed by atoms with van der Waals surface area (Å²) in [6.07, 6.45) is 8.50. The van der Waals surface area contributed by atoms with Gasteiger partial charge >= 0.3 is 0 Å². The van der Waals surface area contributed by atoms with Gasteiger partial charge in [-0.2, -0.15) is 5.10 Å². The van der Waals surface area contributed by atoms with Gasteiger partial charge in [0, 0.05) is 6.42 Å². The third-order valence-corrected chi connectivity index (χ3v) is 4.15. The van der Waals surface area contributed by atoms with Crippen molar-refractivity contribution in [1.82, 2.24) is 9.78 Å². The summed E-state index contributed by atoms with van der Waals surface area (Å²) in [5, 5.41) is 4.49. The summed E-state index contributed by atoms with van der Waals surface area (Å²) in [7, 11) is 0. The van der Waals surface area contributed by atoms with Crippen molar-refractivity contribution < 1.29 is 4.79 Å². The molecular formula is C14H20N2O. The van der Waals surface area contributed by atoms with E-state index in [2.05, 4.69) is 23.6 Å². The molecule has 17 heavy (non-hydrogen) atoms. The van der Waals surface area contributed by atoms with E-state index >= 15 is 0 Å². The Bertz CT molecular complexity index is 453. The van der Waals surface area contributed by atoms with Gasteiger partial charge in [-0.15, -0.1) is 0 Å². The fraction of sp³-hybridized carbons (Fsp3) is 0.714. The zero-order valence-corrected chi connectivity index (χ0v) is 10.7. The smallest absolute Gasteiger partial charge is 0.166 e. The van der Waals surface area contributed by atoms with Crippen molar-refractivity contribution in [2.75, 3.05) is 0 Å². The minimum atomic E-state index is 0.0977. The number of fused-ring (bicyclic) bond motifs is 1. The van der Waals surface area contributed by atoms with Crippen LogP contribution in [0.2, 0.25) is 0 Å². The summed E-state index contributed by atoms with van der Waals surface area (Å²) in [6.45, 7) is 4.36. The lowest BCUT2D eigenvalue weighted by molar-refractivity contribution is 0.0909. The predicted octanol–water partition coefficient (Wildman–Crippen LogP) is 3.15. The van der Waals surface area contributed by atoms with Crippen LogP contribution in [0.15, 0.2) is 6.20 Å². The molecule has 3 nitrogen and oxygen atoms in total. The first kappa shape index (κ1) is 11.0. The van der Waals surface area contributed by atoms with Gasteiger partial charge in [0.15, 0.2) is 5.78 Å². The van der Waals surface area contributed by atoms with Crippen LogP contribution in [0.1, 0.15) is 68.0 Å². The second kappa shape index (κ2) is 3.69. The van der Waals surface area contributed by atoms with Gasteiger partial charge in [-0.1, -0.05) is 26.7 Å². The molecule has 1 fully saturated rings. The molecule has 2 aliphatic rings. The van der Waals surface area contributed by atoms with E-state index in [1.807, 2.05) is 0 Å². The van der Waals surface area contributed by atoms with E-state index in [9.17, 15) is 4.79 Å². The molecule has 1 aromatic heterocycles. The third kappa shape index (κ3) is 1.81. The molecule has 92 valence electrons. The number of hydrogen-bond acceptors (Lipinski definition) is 2. The Balaban J connectivity index is 2.01. The highest BCUT2D eigenvalue weighted by Crippen LogP contribution is 2.38. The van der Waals surface area contributed by atoms with Crippen molar-refractivity contribution in [1.29, 1.82) is 0 Å². The summed E-state index contributed by atoms with van der Waals surface area (Å²) < 4.78 is 2.15. The first-order chi connectivity index (χ1) is 8.07. The minimum absolute atomic E-state index is 0.0977. The van der Waals surface area contributed by atoms with Crippen LogP contribution in [-0.4, -0.2) is 15.6 Å². The van der Waals surface area contributed by atoms with Gasteiger partial charge in [0.1, 0.15) is 0 Å². The maximum Gasteiger partial charge on any atom is 0.166 e. The molecule has 3 rings (SSSR count). The minimum Gasteiger partial charge on any atom is -0.294 e. The molecule has 1 aromatic rings. The van der Waals surface area contributed by atoms with Gasteiger partial charge in [-0.25, -0.2) is 0 Å². The fourth-order valence-corrected chi connectivity index (χ4v) is 3.31. The Kier molecular flexibility index (Phi) is 2.39. The molecule has 0 unspecified atom stereocenters. The molecule has 0 saturated heterocycles. The standard InChI is InChI=1S/C14H20N2O/c1-14(2)7-12-11(13(17)8-14)9-15-16(12)10-5-3-4-6-10/h9-10H,3-8H2,1-2H3. The monoisotopic (exact) mass is 232 g/mol. The van der Waals surface area contributed by atoms with Crippen molar-refractivity contribution in [3.8, 4) is 0 Å². The molecule has 0 amide bonds. The molecule has 0 bridgehead atoms.